The van der Waals surface area contributed by atoms with Gasteiger partial charge in [-0.3, -0.25) is 9.89 Å². The second-order valence-corrected chi connectivity index (χ2v) is 4.04. The lowest BCUT2D eigenvalue weighted by atomic mass is 10.1. The number of hydrogen-bond donors (Lipinski definition) is 3. The topological polar surface area (TPSA) is 111 Å². The molecule has 8 heteroatoms. The Balaban J connectivity index is 2.39. The molecule has 2 rings (SSSR count). The zero-order chi connectivity index (χ0) is 15.4. The van der Waals surface area contributed by atoms with Crippen LogP contribution in [0, 0.1) is 0 Å². The first-order valence-electron chi connectivity index (χ1n) is 6.01. The van der Waals surface area contributed by atoms with Crippen LogP contribution in [0.1, 0.15) is 10.4 Å². The Kier molecular flexibility index (Phi) is 4.17. The maximum atomic E-state index is 12.3. The lowest BCUT2D eigenvalue weighted by Crippen LogP contribution is -2.15. The smallest absolute Gasteiger partial charge is 0.260 e. The van der Waals surface area contributed by atoms with Gasteiger partial charge in [-0.25, -0.2) is 0 Å². The maximum absolute atomic E-state index is 12.3. The van der Waals surface area contributed by atoms with Gasteiger partial charge >= 0.3 is 0 Å². The molecule has 1 heterocycles. The van der Waals surface area contributed by atoms with Gasteiger partial charge in [0.05, 0.1) is 38.8 Å². The Hall–Kier alpha value is -2.90. The summed E-state index contributed by atoms with van der Waals surface area (Å²) < 4.78 is 15.7. The van der Waals surface area contributed by atoms with Gasteiger partial charge in [0.15, 0.2) is 17.3 Å². The van der Waals surface area contributed by atoms with Crippen LogP contribution in [0.4, 0.5) is 11.5 Å². The van der Waals surface area contributed by atoms with Gasteiger partial charge in [-0.2, -0.15) is 5.10 Å². The van der Waals surface area contributed by atoms with Crippen LogP contribution in [0.15, 0.2) is 18.3 Å². The highest BCUT2D eigenvalue weighted by Crippen LogP contribution is 2.39. The average Bonchev–Trinajstić information content (AvgIpc) is 2.90. The monoisotopic (exact) mass is 292 g/mol. The Morgan fingerprint density at radius 3 is 2.43 bits per heavy atom. The second kappa shape index (κ2) is 6.04. The molecule has 0 aliphatic carbocycles. The number of benzene rings is 1. The summed E-state index contributed by atoms with van der Waals surface area (Å²) in [7, 11) is 4.41. The molecule has 1 aromatic carbocycles. The first-order chi connectivity index (χ1) is 10.1. The van der Waals surface area contributed by atoms with E-state index in [-0.39, 0.29) is 11.3 Å². The standard InChI is InChI=1S/C13H16N4O4/c1-19-9-5-4-7(10(20-2)11(9)21-3)13(18)16-12-8(14)6-15-17-12/h4-6H,14H2,1-3H3,(H2,15,16,17,18). The number of carbonyl (C=O) groups excluding carboxylic acids is 1. The van der Waals surface area contributed by atoms with E-state index in [9.17, 15) is 4.79 Å². The van der Waals surface area contributed by atoms with E-state index in [2.05, 4.69) is 15.5 Å². The number of amides is 1. The van der Waals surface area contributed by atoms with Crippen LogP contribution < -0.4 is 25.3 Å². The highest BCUT2D eigenvalue weighted by Gasteiger charge is 2.21. The van der Waals surface area contributed by atoms with Gasteiger partial charge in [0, 0.05) is 0 Å². The molecule has 0 spiro atoms. The number of hydrogen-bond acceptors (Lipinski definition) is 6. The van der Waals surface area contributed by atoms with Crippen LogP contribution in [0.3, 0.4) is 0 Å². The summed E-state index contributed by atoms with van der Waals surface area (Å²) in [5.74, 6) is 0.977. The molecule has 1 amide bonds. The van der Waals surface area contributed by atoms with E-state index in [0.717, 1.165) is 0 Å². The molecule has 0 atom stereocenters. The van der Waals surface area contributed by atoms with E-state index >= 15 is 0 Å². The summed E-state index contributed by atoms with van der Waals surface area (Å²) in [4.78, 5) is 12.3. The van der Waals surface area contributed by atoms with Crippen LogP contribution >= 0.6 is 0 Å². The van der Waals surface area contributed by atoms with Crippen LogP contribution in [-0.4, -0.2) is 37.4 Å². The molecule has 0 aliphatic heterocycles. The molecular weight excluding hydrogens is 276 g/mol. The van der Waals surface area contributed by atoms with E-state index in [0.29, 0.717) is 23.0 Å². The third kappa shape index (κ3) is 2.69. The number of nitrogens with two attached hydrogens (primary N) is 1. The zero-order valence-corrected chi connectivity index (χ0v) is 11.9. The van der Waals surface area contributed by atoms with Crippen LogP contribution in [0.2, 0.25) is 0 Å². The molecule has 4 N–H and O–H groups in total. The van der Waals surface area contributed by atoms with Crippen molar-refractivity contribution in [3.8, 4) is 17.2 Å². The third-order valence-corrected chi connectivity index (χ3v) is 2.86. The van der Waals surface area contributed by atoms with Crippen molar-refractivity contribution in [3.63, 3.8) is 0 Å². The molecule has 0 saturated heterocycles. The molecule has 0 fully saturated rings. The number of carbonyl (C=O) groups is 1. The van der Waals surface area contributed by atoms with Crippen molar-refractivity contribution in [2.75, 3.05) is 32.4 Å². The molecule has 1 aromatic heterocycles. The SMILES string of the molecule is COc1ccc(C(=O)Nc2[nH]ncc2N)c(OC)c1OC. The average molecular weight is 292 g/mol. The van der Waals surface area contributed by atoms with Crippen molar-refractivity contribution in [3.05, 3.63) is 23.9 Å². The van der Waals surface area contributed by atoms with Gasteiger partial charge < -0.3 is 25.3 Å². The lowest BCUT2D eigenvalue weighted by Gasteiger charge is -2.15. The summed E-state index contributed by atoms with van der Waals surface area (Å²) in [5, 5.41) is 8.93. The Labute approximate surface area is 121 Å². The number of aromatic nitrogens is 2. The molecule has 0 radical (unpaired) electrons. The molecule has 2 aromatic rings. The normalized spacial score (nSPS) is 10.0. The molecule has 0 bridgehead atoms. The molecule has 0 unspecified atom stereocenters. The minimum Gasteiger partial charge on any atom is -0.493 e. The quantitative estimate of drug-likeness (QED) is 0.765. The second-order valence-electron chi connectivity index (χ2n) is 4.04. The molecule has 112 valence electrons. The number of aromatic amines is 1. The lowest BCUT2D eigenvalue weighted by molar-refractivity contribution is 0.102. The van der Waals surface area contributed by atoms with Crippen molar-refractivity contribution in [1.82, 2.24) is 10.2 Å². The van der Waals surface area contributed by atoms with Crippen molar-refractivity contribution in [2.24, 2.45) is 0 Å². The van der Waals surface area contributed by atoms with Gasteiger partial charge in [-0.1, -0.05) is 0 Å². The van der Waals surface area contributed by atoms with Gasteiger partial charge in [-0.05, 0) is 12.1 Å². The summed E-state index contributed by atoms with van der Waals surface area (Å²) in [6.07, 6.45) is 1.40. The van der Waals surface area contributed by atoms with Crippen LogP contribution in [0.25, 0.3) is 0 Å². The fraction of sp³-hybridized carbons (Fsp3) is 0.231. The Bertz CT molecular complexity index is 654. The highest BCUT2D eigenvalue weighted by atomic mass is 16.5. The number of nitrogens with one attached hydrogen (secondary N) is 2. The number of ether oxygens (including phenoxy) is 3. The molecular formula is C13H16N4O4. The number of H-pyrrole nitrogens is 1. The van der Waals surface area contributed by atoms with E-state index in [1.165, 1.54) is 27.5 Å². The minimum absolute atomic E-state index is 0.271. The highest BCUT2D eigenvalue weighted by molar-refractivity contribution is 6.07. The van der Waals surface area contributed by atoms with Crippen molar-refractivity contribution >= 4 is 17.4 Å². The minimum atomic E-state index is -0.413. The fourth-order valence-corrected chi connectivity index (χ4v) is 1.86. The van der Waals surface area contributed by atoms with E-state index in [4.69, 9.17) is 19.9 Å². The van der Waals surface area contributed by atoms with Crippen molar-refractivity contribution in [1.29, 1.82) is 0 Å². The Morgan fingerprint density at radius 1 is 1.19 bits per heavy atom. The van der Waals surface area contributed by atoms with Crippen LogP contribution in [-0.2, 0) is 0 Å². The number of nitrogens with zero attached hydrogens (tertiary/aromatic N) is 1. The van der Waals surface area contributed by atoms with Gasteiger partial charge in [-0.15, -0.1) is 0 Å². The van der Waals surface area contributed by atoms with Gasteiger partial charge in [0.2, 0.25) is 5.75 Å². The summed E-state index contributed by atoms with van der Waals surface area (Å²) in [6, 6.07) is 3.19. The van der Waals surface area contributed by atoms with E-state index < -0.39 is 5.91 Å². The number of nitrogen functional groups attached to an aromatic ring is 1. The molecule has 0 saturated carbocycles. The first-order valence-corrected chi connectivity index (χ1v) is 6.01. The van der Waals surface area contributed by atoms with Gasteiger partial charge in [0.1, 0.15) is 0 Å². The largest absolute Gasteiger partial charge is 0.493 e. The molecule has 0 aliphatic rings. The number of anilines is 2. The molecule has 8 nitrogen and oxygen atoms in total. The maximum Gasteiger partial charge on any atom is 0.260 e. The number of methoxy groups -OCH3 is 3. The zero-order valence-electron chi connectivity index (χ0n) is 11.9. The van der Waals surface area contributed by atoms with Gasteiger partial charge in [0.25, 0.3) is 5.91 Å². The first kappa shape index (κ1) is 14.5. The summed E-state index contributed by atoms with van der Waals surface area (Å²) in [5.41, 5.74) is 6.27. The predicted octanol–water partition coefficient (Wildman–Crippen LogP) is 1.27. The number of rotatable bonds is 5. The Morgan fingerprint density at radius 2 is 1.90 bits per heavy atom. The third-order valence-electron chi connectivity index (χ3n) is 2.86. The van der Waals surface area contributed by atoms with Crippen LogP contribution in [0.5, 0.6) is 17.2 Å². The van der Waals surface area contributed by atoms with E-state index in [1.807, 2.05) is 0 Å². The summed E-state index contributed by atoms with van der Waals surface area (Å²) in [6.45, 7) is 0. The predicted molar refractivity (Wildman–Crippen MR) is 77.1 cm³/mol. The van der Waals surface area contributed by atoms with Crippen molar-refractivity contribution < 1.29 is 19.0 Å². The van der Waals surface area contributed by atoms with Crippen molar-refractivity contribution in [2.45, 2.75) is 0 Å². The van der Waals surface area contributed by atoms with E-state index in [1.54, 1.807) is 12.1 Å². The summed E-state index contributed by atoms with van der Waals surface area (Å²) >= 11 is 0. The molecule has 21 heavy (non-hydrogen) atoms. The fourth-order valence-electron chi connectivity index (χ4n) is 1.86.